The lowest BCUT2D eigenvalue weighted by Gasteiger charge is -2.12. The van der Waals surface area contributed by atoms with E-state index in [0.717, 1.165) is 23.2 Å². The van der Waals surface area contributed by atoms with Crippen LogP contribution in [0.3, 0.4) is 0 Å². The molecule has 0 fully saturated rings. The zero-order valence-corrected chi connectivity index (χ0v) is 18.3. The van der Waals surface area contributed by atoms with Crippen molar-refractivity contribution in [2.45, 2.75) is 23.6 Å². The molecule has 0 bridgehead atoms. The minimum Gasteiger partial charge on any atom is -0.282 e. The predicted octanol–water partition coefficient (Wildman–Crippen LogP) is 2.33. The number of hydrogen-bond acceptors (Lipinski definition) is 8. The Hall–Kier alpha value is -2.84. The first-order valence-corrected chi connectivity index (χ1v) is 11.6. The molecule has 0 radical (unpaired) electrons. The Bertz CT molecular complexity index is 1370. The number of nitrogens with one attached hydrogen (secondary N) is 1. The number of rotatable bonds is 5. The number of benzene rings is 2. The molecule has 14 heteroatoms. The van der Waals surface area contributed by atoms with Gasteiger partial charge < -0.3 is 0 Å². The quantitative estimate of drug-likeness (QED) is 0.427. The molecule has 1 heterocycles. The van der Waals surface area contributed by atoms with Crippen molar-refractivity contribution in [3.8, 4) is 0 Å². The van der Waals surface area contributed by atoms with Crippen molar-refractivity contribution in [3.05, 3.63) is 47.0 Å². The van der Waals surface area contributed by atoms with Crippen molar-refractivity contribution in [2.75, 3.05) is 10.4 Å². The summed E-state index contributed by atoms with van der Waals surface area (Å²) in [6.07, 6.45) is 0. The lowest BCUT2D eigenvalue weighted by Crippen LogP contribution is -2.28. The number of halogens is 1. The molecule has 3 rings (SSSR count). The minimum atomic E-state index is -4.61. The average Bonchev–Trinajstić information content (AvgIpc) is 2.95. The molecule has 1 amide bonds. The Morgan fingerprint density at radius 2 is 1.74 bits per heavy atom. The Morgan fingerprint density at radius 1 is 1.06 bits per heavy atom. The molecule has 0 atom stereocenters. The topological polar surface area (TPSA) is 166 Å². The van der Waals surface area contributed by atoms with Crippen molar-refractivity contribution in [3.63, 3.8) is 0 Å². The lowest BCUT2D eigenvalue weighted by atomic mass is 10.2. The van der Waals surface area contributed by atoms with Gasteiger partial charge in [-0.05, 0) is 49.7 Å². The highest BCUT2D eigenvalue weighted by Crippen LogP contribution is 2.29. The molecule has 11 nitrogen and oxygen atoms in total. The molecule has 3 N–H and O–H groups in total. The van der Waals surface area contributed by atoms with Crippen LogP contribution in [0, 0.1) is 6.92 Å². The third-order valence-electron chi connectivity index (χ3n) is 4.17. The van der Waals surface area contributed by atoms with E-state index in [0.29, 0.717) is 5.56 Å². The number of amides is 1. The fraction of sp³-hybridized carbons (Fsp3) is 0.118. The van der Waals surface area contributed by atoms with Crippen LogP contribution in [0.2, 0.25) is 5.02 Å². The molecule has 1 aliphatic heterocycles. The zero-order valence-electron chi connectivity index (χ0n) is 15.9. The molecular weight excluding hydrogens is 472 g/mol. The van der Waals surface area contributed by atoms with Gasteiger partial charge in [0.15, 0.2) is 5.71 Å². The molecule has 0 aliphatic carbocycles. The van der Waals surface area contributed by atoms with Crippen LogP contribution in [0.4, 0.5) is 11.4 Å². The minimum absolute atomic E-state index is 0.0571. The van der Waals surface area contributed by atoms with Crippen molar-refractivity contribution in [1.82, 2.24) is 0 Å². The Kier molecular flexibility index (Phi) is 5.90. The molecule has 0 unspecified atom stereocenters. The van der Waals surface area contributed by atoms with Crippen LogP contribution in [-0.4, -0.2) is 43.3 Å². The molecule has 1 aliphatic rings. The van der Waals surface area contributed by atoms with Gasteiger partial charge >= 0.3 is 5.91 Å². The number of carbonyl (C=O) groups excluding carboxylic acids is 1. The number of hydrogen-bond donors (Lipinski definition) is 3. The monoisotopic (exact) mass is 486 g/mol. The molecule has 0 saturated carbocycles. The summed E-state index contributed by atoms with van der Waals surface area (Å²) >= 11 is 6.01. The Morgan fingerprint density at radius 3 is 2.35 bits per heavy atom. The van der Waals surface area contributed by atoms with Crippen LogP contribution < -0.4 is 10.4 Å². The second kappa shape index (κ2) is 8.01. The van der Waals surface area contributed by atoms with Gasteiger partial charge in [-0.15, -0.1) is 0 Å². The summed E-state index contributed by atoms with van der Waals surface area (Å²) in [6, 6.07) is 7.28. The third-order valence-corrected chi connectivity index (χ3v) is 6.33. The van der Waals surface area contributed by atoms with Crippen LogP contribution in [-0.2, 0) is 25.0 Å². The molecule has 164 valence electrons. The van der Waals surface area contributed by atoms with Crippen LogP contribution in [0.5, 0.6) is 0 Å². The first-order chi connectivity index (χ1) is 14.3. The smallest absolute Gasteiger partial charge is 0.282 e. The van der Waals surface area contributed by atoms with Crippen molar-refractivity contribution >= 4 is 60.5 Å². The van der Waals surface area contributed by atoms with E-state index in [4.69, 9.17) is 11.6 Å². The summed E-state index contributed by atoms with van der Waals surface area (Å²) in [4.78, 5) is 11.8. The van der Waals surface area contributed by atoms with Gasteiger partial charge in [-0.25, -0.2) is 0 Å². The maximum atomic E-state index is 12.7. The maximum absolute atomic E-state index is 12.7. The highest BCUT2D eigenvalue weighted by atomic mass is 35.5. The van der Waals surface area contributed by atoms with Crippen LogP contribution in [0.15, 0.2) is 56.4 Å². The van der Waals surface area contributed by atoms with Crippen LogP contribution in [0.25, 0.3) is 0 Å². The lowest BCUT2D eigenvalue weighted by molar-refractivity contribution is -0.112. The van der Waals surface area contributed by atoms with Crippen LogP contribution in [0.1, 0.15) is 12.5 Å². The van der Waals surface area contributed by atoms with E-state index in [1.165, 1.54) is 25.1 Å². The highest BCUT2D eigenvalue weighted by Gasteiger charge is 2.31. The summed E-state index contributed by atoms with van der Waals surface area (Å²) in [5.74, 6) is -0.746. The second-order valence-electron chi connectivity index (χ2n) is 6.42. The number of nitrogens with zero attached hydrogens (tertiary/aromatic N) is 3. The van der Waals surface area contributed by atoms with E-state index in [1.54, 1.807) is 6.92 Å². The number of anilines is 2. The standard InChI is InChI=1S/C17H15ClN4O7S2/c1-9-6-15(31(27,28)29)14(8-13(9)18)19-20-16-10(2)21-22(17(16)23)11-4-3-5-12(7-11)30(24,25)26/h3-8,19H,1-2H3,(H,24,25,26)(H,27,28,29)/b20-16+. The first-order valence-electron chi connectivity index (χ1n) is 8.38. The third kappa shape index (κ3) is 4.75. The van der Waals surface area contributed by atoms with E-state index >= 15 is 0 Å². The largest absolute Gasteiger partial charge is 0.301 e. The molecular formula is C17H15ClN4O7S2. The fourth-order valence-corrected chi connectivity index (χ4v) is 4.04. The summed E-state index contributed by atoms with van der Waals surface area (Å²) in [5.41, 5.74) is 2.62. The van der Waals surface area contributed by atoms with E-state index in [2.05, 4.69) is 15.6 Å². The normalized spacial score (nSPS) is 16.0. The van der Waals surface area contributed by atoms with Crippen molar-refractivity contribution in [2.24, 2.45) is 10.2 Å². The van der Waals surface area contributed by atoms with E-state index in [1.807, 2.05) is 0 Å². The van der Waals surface area contributed by atoms with Crippen molar-refractivity contribution in [1.29, 1.82) is 0 Å². The molecule has 2 aromatic rings. The summed E-state index contributed by atoms with van der Waals surface area (Å²) in [5, 5.41) is 8.98. The summed E-state index contributed by atoms with van der Waals surface area (Å²) in [6.45, 7) is 3.00. The zero-order chi connectivity index (χ0) is 23.1. The van der Waals surface area contributed by atoms with Crippen LogP contribution >= 0.6 is 11.6 Å². The van der Waals surface area contributed by atoms with E-state index in [9.17, 15) is 30.7 Å². The van der Waals surface area contributed by atoms with Gasteiger partial charge in [-0.3, -0.25) is 19.3 Å². The Labute approximate surface area is 182 Å². The van der Waals surface area contributed by atoms with Gasteiger partial charge in [0.25, 0.3) is 20.2 Å². The predicted molar refractivity (Wildman–Crippen MR) is 114 cm³/mol. The summed E-state index contributed by atoms with van der Waals surface area (Å²) < 4.78 is 64.6. The van der Waals surface area contributed by atoms with Gasteiger partial charge in [0.05, 0.1) is 22.0 Å². The van der Waals surface area contributed by atoms with E-state index in [-0.39, 0.29) is 27.8 Å². The van der Waals surface area contributed by atoms with Gasteiger partial charge in [-0.1, -0.05) is 17.7 Å². The maximum Gasteiger partial charge on any atom is 0.301 e. The number of aryl methyl sites for hydroxylation is 1. The first kappa shape index (κ1) is 22.8. The highest BCUT2D eigenvalue weighted by molar-refractivity contribution is 7.86. The number of hydrazone groups is 2. The van der Waals surface area contributed by atoms with Gasteiger partial charge in [0, 0.05) is 5.02 Å². The molecule has 0 spiro atoms. The van der Waals surface area contributed by atoms with Crippen molar-refractivity contribution < 1.29 is 30.7 Å². The molecule has 31 heavy (non-hydrogen) atoms. The molecule has 2 aromatic carbocycles. The molecule has 0 aromatic heterocycles. The molecule has 0 saturated heterocycles. The van der Waals surface area contributed by atoms with Gasteiger partial charge in [-0.2, -0.15) is 32.0 Å². The summed E-state index contributed by atoms with van der Waals surface area (Å²) in [7, 11) is -9.11. The van der Waals surface area contributed by atoms with Gasteiger partial charge in [0.1, 0.15) is 4.90 Å². The van der Waals surface area contributed by atoms with E-state index < -0.39 is 35.9 Å². The second-order valence-corrected chi connectivity index (χ2v) is 9.64. The Balaban J connectivity index is 1.96. The average molecular weight is 487 g/mol. The SMILES string of the molecule is CC1=NN(c2cccc(S(=O)(=O)O)c2)C(=O)/C1=N/Nc1cc(Cl)c(C)cc1S(=O)(=O)O. The van der Waals surface area contributed by atoms with Gasteiger partial charge in [0.2, 0.25) is 0 Å². The fourth-order valence-electron chi connectivity index (χ4n) is 2.65. The number of carbonyl (C=O) groups is 1.